The van der Waals surface area contributed by atoms with Crippen molar-refractivity contribution < 1.29 is 0 Å². The fourth-order valence-corrected chi connectivity index (χ4v) is 2.39. The van der Waals surface area contributed by atoms with E-state index in [9.17, 15) is 0 Å². The Hall–Kier alpha value is -0.0400. The van der Waals surface area contributed by atoms with Gasteiger partial charge in [0.2, 0.25) is 0 Å². The van der Waals surface area contributed by atoms with Gasteiger partial charge in [-0.2, -0.15) is 0 Å². The summed E-state index contributed by atoms with van der Waals surface area (Å²) < 4.78 is 0. The minimum Gasteiger partial charge on any atom is -0.310 e. The molecule has 0 bridgehead atoms. The SMILES string of the molecule is CCC(C)C(C)NC1C(C)(C)C1(C)C. The Bertz CT molecular complexity index is 191. The third-order valence-corrected chi connectivity index (χ3v) is 4.95. The maximum Gasteiger partial charge on any atom is 0.0183 e. The zero-order valence-electron chi connectivity index (χ0n) is 10.9. The Morgan fingerprint density at radius 3 is 1.79 bits per heavy atom. The summed E-state index contributed by atoms with van der Waals surface area (Å²) in [6, 6.07) is 1.34. The fraction of sp³-hybridized carbons (Fsp3) is 1.00. The van der Waals surface area contributed by atoms with Crippen molar-refractivity contribution in [1.29, 1.82) is 0 Å². The molecule has 0 aliphatic heterocycles. The highest BCUT2D eigenvalue weighted by atomic mass is 15.1. The van der Waals surface area contributed by atoms with Crippen molar-refractivity contribution in [2.75, 3.05) is 0 Å². The summed E-state index contributed by atoms with van der Waals surface area (Å²) in [5.41, 5.74) is 0.934. The van der Waals surface area contributed by atoms with E-state index in [4.69, 9.17) is 0 Å². The van der Waals surface area contributed by atoms with Crippen LogP contribution in [-0.2, 0) is 0 Å². The molecule has 0 amide bonds. The van der Waals surface area contributed by atoms with Crippen LogP contribution < -0.4 is 5.32 Å². The van der Waals surface area contributed by atoms with Gasteiger partial charge in [0, 0.05) is 12.1 Å². The molecule has 1 N–H and O–H groups in total. The van der Waals surface area contributed by atoms with Crippen molar-refractivity contribution >= 4 is 0 Å². The Balaban J connectivity index is 2.49. The largest absolute Gasteiger partial charge is 0.310 e. The number of rotatable bonds is 4. The number of hydrogen-bond donors (Lipinski definition) is 1. The van der Waals surface area contributed by atoms with Gasteiger partial charge in [-0.3, -0.25) is 0 Å². The predicted octanol–water partition coefficient (Wildman–Crippen LogP) is 3.45. The van der Waals surface area contributed by atoms with Crippen LogP contribution in [-0.4, -0.2) is 12.1 Å². The van der Waals surface area contributed by atoms with Crippen molar-refractivity contribution in [2.24, 2.45) is 16.7 Å². The second-order valence-corrected chi connectivity index (χ2v) is 6.22. The zero-order chi connectivity index (χ0) is 11.1. The van der Waals surface area contributed by atoms with Crippen LogP contribution in [0.2, 0.25) is 0 Å². The molecular weight excluding hydrogens is 170 g/mol. The molecule has 1 rings (SSSR count). The Morgan fingerprint density at radius 1 is 1.07 bits per heavy atom. The lowest BCUT2D eigenvalue weighted by Gasteiger charge is -2.21. The van der Waals surface area contributed by atoms with Gasteiger partial charge in [0.15, 0.2) is 0 Å². The van der Waals surface area contributed by atoms with E-state index >= 15 is 0 Å². The van der Waals surface area contributed by atoms with Crippen molar-refractivity contribution in [3.8, 4) is 0 Å². The van der Waals surface area contributed by atoms with Gasteiger partial charge < -0.3 is 5.32 Å². The maximum absolute atomic E-state index is 3.79. The Kier molecular flexibility index (Phi) is 3.02. The van der Waals surface area contributed by atoms with Gasteiger partial charge in [-0.05, 0) is 23.7 Å². The third-order valence-electron chi connectivity index (χ3n) is 4.95. The normalized spacial score (nSPS) is 28.5. The van der Waals surface area contributed by atoms with Crippen LogP contribution in [0.15, 0.2) is 0 Å². The summed E-state index contributed by atoms with van der Waals surface area (Å²) >= 11 is 0. The lowest BCUT2D eigenvalue weighted by atomic mass is 10.0. The maximum atomic E-state index is 3.79. The average molecular weight is 197 g/mol. The lowest BCUT2D eigenvalue weighted by Crippen LogP contribution is -2.36. The highest BCUT2D eigenvalue weighted by molar-refractivity contribution is 5.18. The first kappa shape index (κ1) is 12.0. The first-order valence-corrected chi connectivity index (χ1v) is 6.01. The molecule has 0 heterocycles. The highest BCUT2D eigenvalue weighted by Gasteiger charge is 2.64. The molecule has 0 aromatic rings. The second-order valence-electron chi connectivity index (χ2n) is 6.22. The van der Waals surface area contributed by atoms with Crippen molar-refractivity contribution in [2.45, 2.75) is 67.0 Å². The van der Waals surface area contributed by atoms with Gasteiger partial charge in [-0.15, -0.1) is 0 Å². The van der Waals surface area contributed by atoms with E-state index in [1.54, 1.807) is 0 Å². The van der Waals surface area contributed by atoms with E-state index in [2.05, 4.69) is 53.8 Å². The predicted molar refractivity (Wildman–Crippen MR) is 63.4 cm³/mol. The highest BCUT2D eigenvalue weighted by Crippen LogP contribution is 2.62. The summed E-state index contributed by atoms with van der Waals surface area (Å²) in [7, 11) is 0. The quantitative estimate of drug-likeness (QED) is 0.728. The first-order valence-electron chi connectivity index (χ1n) is 6.01. The van der Waals surface area contributed by atoms with E-state index in [1.807, 2.05) is 0 Å². The van der Waals surface area contributed by atoms with Crippen LogP contribution in [0.5, 0.6) is 0 Å². The van der Waals surface area contributed by atoms with Crippen LogP contribution >= 0.6 is 0 Å². The molecule has 2 atom stereocenters. The zero-order valence-corrected chi connectivity index (χ0v) is 10.9. The van der Waals surface area contributed by atoms with Crippen LogP contribution in [0.4, 0.5) is 0 Å². The monoisotopic (exact) mass is 197 g/mol. The molecule has 1 aliphatic carbocycles. The van der Waals surface area contributed by atoms with Crippen LogP contribution in [0.25, 0.3) is 0 Å². The van der Waals surface area contributed by atoms with Crippen molar-refractivity contribution in [3.05, 3.63) is 0 Å². The molecule has 1 fully saturated rings. The average Bonchev–Trinajstić information content (AvgIpc) is 2.46. The molecular formula is C13H27N. The summed E-state index contributed by atoms with van der Waals surface area (Å²) in [5.74, 6) is 0.780. The summed E-state index contributed by atoms with van der Waals surface area (Å²) in [6.07, 6.45) is 1.27. The summed E-state index contributed by atoms with van der Waals surface area (Å²) in [5, 5.41) is 3.79. The minimum atomic E-state index is 0.467. The molecule has 2 unspecified atom stereocenters. The van der Waals surface area contributed by atoms with Gasteiger partial charge in [0.25, 0.3) is 0 Å². The van der Waals surface area contributed by atoms with E-state index < -0.39 is 0 Å². The molecule has 0 radical (unpaired) electrons. The van der Waals surface area contributed by atoms with Gasteiger partial charge >= 0.3 is 0 Å². The van der Waals surface area contributed by atoms with E-state index in [0.717, 1.165) is 5.92 Å². The fourth-order valence-electron chi connectivity index (χ4n) is 2.39. The van der Waals surface area contributed by atoms with Crippen LogP contribution in [0.1, 0.15) is 54.9 Å². The molecule has 14 heavy (non-hydrogen) atoms. The van der Waals surface area contributed by atoms with Crippen LogP contribution in [0.3, 0.4) is 0 Å². The molecule has 84 valence electrons. The molecule has 0 aromatic carbocycles. The molecule has 1 heteroatoms. The minimum absolute atomic E-state index is 0.467. The summed E-state index contributed by atoms with van der Waals surface area (Å²) in [4.78, 5) is 0. The molecule has 0 aromatic heterocycles. The Morgan fingerprint density at radius 2 is 1.50 bits per heavy atom. The third kappa shape index (κ3) is 1.71. The molecule has 1 saturated carbocycles. The standard InChI is InChI=1S/C13H27N/c1-8-9(2)10(3)14-11-12(4,5)13(11,6)7/h9-11,14H,8H2,1-7H3. The Labute approximate surface area is 89.7 Å². The molecule has 1 nitrogen and oxygen atoms in total. The van der Waals surface area contributed by atoms with E-state index in [1.165, 1.54) is 6.42 Å². The van der Waals surface area contributed by atoms with E-state index in [0.29, 0.717) is 22.9 Å². The lowest BCUT2D eigenvalue weighted by molar-refractivity contribution is 0.365. The molecule has 0 saturated heterocycles. The van der Waals surface area contributed by atoms with Gasteiger partial charge in [-0.25, -0.2) is 0 Å². The topological polar surface area (TPSA) is 12.0 Å². The number of hydrogen-bond acceptors (Lipinski definition) is 1. The van der Waals surface area contributed by atoms with Gasteiger partial charge in [0.05, 0.1) is 0 Å². The van der Waals surface area contributed by atoms with Crippen molar-refractivity contribution in [3.63, 3.8) is 0 Å². The van der Waals surface area contributed by atoms with Crippen LogP contribution in [0, 0.1) is 16.7 Å². The van der Waals surface area contributed by atoms with Gasteiger partial charge in [-0.1, -0.05) is 48.0 Å². The van der Waals surface area contributed by atoms with E-state index in [-0.39, 0.29) is 0 Å². The summed E-state index contributed by atoms with van der Waals surface area (Å²) in [6.45, 7) is 16.4. The first-order chi connectivity index (χ1) is 6.25. The number of nitrogens with one attached hydrogen (secondary N) is 1. The second kappa shape index (κ2) is 3.52. The smallest absolute Gasteiger partial charge is 0.0183 e. The molecule has 0 spiro atoms. The molecule has 1 aliphatic rings. The van der Waals surface area contributed by atoms with Gasteiger partial charge in [0.1, 0.15) is 0 Å². The van der Waals surface area contributed by atoms with Crippen molar-refractivity contribution in [1.82, 2.24) is 5.32 Å².